The molecule has 1 fully saturated rings. The van der Waals surface area contributed by atoms with Crippen LogP contribution in [0.4, 0.5) is 0 Å². The second kappa shape index (κ2) is 7.49. The van der Waals surface area contributed by atoms with Crippen molar-refractivity contribution < 1.29 is 9.53 Å². The number of ether oxygens (including phenoxy) is 1. The summed E-state index contributed by atoms with van der Waals surface area (Å²) < 4.78 is 5.35. The van der Waals surface area contributed by atoms with Gasteiger partial charge in [0.25, 0.3) is 0 Å². The van der Waals surface area contributed by atoms with Gasteiger partial charge in [0.05, 0.1) is 13.5 Å². The molecule has 0 spiro atoms. The molecule has 126 valence electrons. The molecule has 2 aromatic carbocycles. The second-order valence-corrected chi connectivity index (χ2v) is 6.30. The van der Waals surface area contributed by atoms with Crippen LogP contribution in [0, 0.1) is 5.92 Å². The van der Waals surface area contributed by atoms with Crippen LogP contribution >= 0.6 is 0 Å². The lowest BCUT2D eigenvalue weighted by Gasteiger charge is -2.17. The molecule has 1 saturated heterocycles. The summed E-state index contributed by atoms with van der Waals surface area (Å²) in [6, 6.07) is 18.0. The van der Waals surface area contributed by atoms with Gasteiger partial charge in [0.15, 0.2) is 0 Å². The second-order valence-electron chi connectivity index (χ2n) is 6.30. The van der Waals surface area contributed by atoms with Crippen LogP contribution in [0.5, 0.6) is 5.75 Å². The van der Waals surface area contributed by atoms with Gasteiger partial charge in [0, 0.05) is 24.6 Å². The fourth-order valence-corrected chi connectivity index (χ4v) is 3.52. The van der Waals surface area contributed by atoms with Crippen LogP contribution in [0.2, 0.25) is 0 Å². The van der Waals surface area contributed by atoms with Gasteiger partial charge in [0.1, 0.15) is 5.75 Å². The molecule has 24 heavy (non-hydrogen) atoms. The third kappa shape index (κ3) is 3.44. The van der Waals surface area contributed by atoms with Gasteiger partial charge >= 0.3 is 0 Å². The van der Waals surface area contributed by atoms with Crippen LogP contribution in [0.1, 0.15) is 17.0 Å². The van der Waals surface area contributed by atoms with Crippen molar-refractivity contribution in [3.8, 4) is 5.75 Å². The van der Waals surface area contributed by atoms with E-state index in [4.69, 9.17) is 10.5 Å². The quantitative estimate of drug-likeness (QED) is 0.919. The third-order valence-corrected chi connectivity index (χ3v) is 4.86. The van der Waals surface area contributed by atoms with E-state index in [0.29, 0.717) is 24.8 Å². The molecule has 0 aliphatic carbocycles. The van der Waals surface area contributed by atoms with Crippen LogP contribution in [0.3, 0.4) is 0 Å². The van der Waals surface area contributed by atoms with E-state index in [1.807, 2.05) is 47.4 Å². The Morgan fingerprint density at radius 2 is 1.83 bits per heavy atom. The number of para-hydroxylation sites is 1. The molecule has 1 heterocycles. The number of nitrogens with zero attached hydrogens (tertiary/aromatic N) is 1. The van der Waals surface area contributed by atoms with E-state index in [1.54, 1.807) is 7.11 Å². The summed E-state index contributed by atoms with van der Waals surface area (Å²) in [6.45, 7) is 2.06. The van der Waals surface area contributed by atoms with Crippen LogP contribution in [-0.4, -0.2) is 37.6 Å². The van der Waals surface area contributed by atoms with E-state index in [-0.39, 0.29) is 5.91 Å². The maximum atomic E-state index is 12.8. The summed E-state index contributed by atoms with van der Waals surface area (Å²) in [6.07, 6.45) is 0.364. The monoisotopic (exact) mass is 324 g/mol. The summed E-state index contributed by atoms with van der Waals surface area (Å²) in [5, 5.41) is 0. The normalized spacial score (nSPS) is 20.2. The summed E-state index contributed by atoms with van der Waals surface area (Å²) in [4.78, 5) is 14.7. The van der Waals surface area contributed by atoms with E-state index in [2.05, 4.69) is 12.1 Å². The Balaban J connectivity index is 1.72. The highest BCUT2D eigenvalue weighted by Gasteiger charge is 2.35. The van der Waals surface area contributed by atoms with E-state index in [9.17, 15) is 4.79 Å². The van der Waals surface area contributed by atoms with Crippen molar-refractivity contribution in [2.45, 2.75) is 12.3 Å². The Labute approximate surface area is 143 Å². The molecule has 1 aliphatic rings. The molecule has 3 rings (SSSR count). The maximum Gasteiger partial charge on any atom is 0.227 e. The lowest BCUT2D eigenvalue weighted by Crippen LogP contribution is -2.31. The van der Waals surface area contributed by atoms with Gasteiger partial charge in [-0.1, -0.05) is 48.5 Å². The first-order valence-corrected chi connectivity index (χ1v) is 8.37. The summed E-state index contributed by atoms with van der Waals surface area (Å²) in [5.41, 5.74) is 8.16. The smallest absolute Gasteiger partial charge is 0.227 e. The Morgan fingerprint density at radius 1 is 1.12 bits per heavy atom. The van der Waals surface area contributed by atoms with Crippen LogP contribution < -0.4 is 10.5 Å². The van der Waals surface area contributed by atoms with Crippen molar-refractivity contribution in [1.29, 1.82) is 0 Å². The van der Waals surface area contributed by atoms with Crippen molar-refractivity contribution in [2.24, 2.45) is 11.7 Å². The molecule has 2 aromatic rings. The lowest BCUT2D eigenvalue weighted by atomic mass is 9.89. The molecule has 1 aliphatic heterocycles. The predicted octanol–water partition coefficient (Wildman–Crippen LogP) is 2.44. The van der Waals surface area contributed by atoms with Gasteiger partial charge in [0.2, 0.25) is 5.91 Å². The first-order valence-electron chi connectivity index (χ1n) is 8.37. The third-order valence-electron chi connectivity index (χ3n) is 4.86. The number of hydrogen-bond acceptors (Lipinski definition) is 3. The zero-order valence-electron chi connectivity index (χ0n) is 14.0. The van der Waals surface area contributed by atoms with Crippen molar-refractivity contribution in [3.63, 3.8) is 0 Å². The van der Waals surface area contributed by atoms with E-state index in [1.165, 1.54) is 5.56 Å². The van der Waals surface area contributed by atoms with E-state index < -0.39 is 0 Å². The summed E-state index contributed by atoms with van der Waals surface area (Å²) in [7, 11) is 1.63. The molecule has 2 atom stereocenters. The van der Waals surface area contributed by atoms with Crippen molar-refractivity contribution in [1.82, 2.24) is 4.90 Å². The SMILES string of the molecule is COc1ccccc1CC(=O)N1C[C@@H](CN)[C@H](c2ccccc2)C1. The number of benzene rings is 2. The van der Waals surface area contributed by atoms with Crippen molar-refractivity contribution >= 4 is 5.91 Å². The number of hydrogen-bond donors (Lipinski definition) is 1. The average molecular weight is 324 g/mol. The Morgan fingerprint density at radius 3 is 2.54 bits per heavy atom. The molecule has 0 aromatic heterocycles. The number of carbonyl (C=O) groups is 1. The number of rotatable bonds is 5. The Kier molecular flexibility index (Phi) is 5.16. The van der Waals surface area contributed by atoms with Gasteiger partial charge in [-0.3, -0.25) is 4.79 Å². The average Bonchev–Trinajstić information content (AvgIpc) is 3.07. The van der Waals surface area contributed by atoms with Crippen LogP contribution in [0.15, 0.2) is 54.6 Å². The Hall–Kier alpha value is -2.33. The topological polar surface area (TPSA) is 55.6 Å². The van der Waals surface area contributed by atoms with E-state index >= 15 is 0 Å². The molecule has 0 radical (unpaired) electrons. The van der Waals surface area contributed by atoms with Crippen molar-refractivity contribution in [3.05, 3.63) is 65.7 Å². The van der Waals surface area contributed by atoms with Crippen LogP contribution in [0.25, 0.3) is 0 Å². The summed E-state index contributed by atoms with van der Waals surface area (Å²) in [5.74, 6) is 1.53. The van der Waals surface area contributed by atoms with Gasteiger partial charge in [-0.05, 0) is 24.1 Å². The first kappa shape index (κ1) is 16.5. The maximum absolute atomic E-state index is 12.8. The molecular weight excluding hydrogens is 300 g/mol. The van der Waals surface area contributed by atoms with Crippen molar-refractivity contribution in [2.75, 3.05) is 26.7 Å². The molecule has 0 bridgehead atoms. The van der Waals surface area contributed by atoms with Gasteiger partial charge in [-0.2, -0.15) is 0 Å². The molecule has 2 N–H and O–H groups in total. The predicted molar refractivity (Wildman–Crippen MR) is 95.0 cm³/mol. The minimum Gasteiger partial charge on any atom is -0.496 e. The highest BCUT2D eigenvalue weighted by Crippen LogP contribution is 2.32. The minimum atomic E-state index is 0.136. The number of methoxy groups -OCH3 is 1. The number of carbonyl (C=O) groups excluding carboxylic acids is 1. The first-order chi connectivity index (χ1) is 11.7. The van der Waals surface area contributed by atoms with Gasteiger partial charge < -0.3 is 15.4 Å². The standard InChI is InChI=1S/C20H24N2O2/c1-24-19-10-6-5-9-16(19)11-20(23)22-13-17(12-21)18(14-22)15-7-3-2-4-8-15/h2-10,17-18H,11-14,21H2,1H3/t17-,18+/m1/s1. The molecular formula is C20H24N2O2. The number of likely N-dealkylation sites (tertiary alicyclic amines) is 1. The van der Waals surface area contributed by atoms with Gasteiger partial charge in [-0.25, -0.2) is 0 Å². The fourth-order valence-electron chi connectivity index (χ4n) is 3.52. The lowest BCUT2D eigenvalue weighted by molar-refractivity contribution is -0.129. The zero-order chi connectivity index (χ0) is 16.9. The molecule has 4 nitrogen and oxygen atoms in total. The number of nitrogens with two attached hydrogens (primary N) is 1. The number of amides is 1. The molecule has 0 saturated carbocycles. The van der Waals surface area contributed by atoms with Crippen LogP contribution in [-0.2, 0) is 11.2 Å². The largest absolute Gasteiger partial charge is 0.496 e. The summed E-state index contributed by atoms with van der Waals surface area (Å²) >= 11 is 0. The highest BCUT2D eigenvalue weighted by molar-refractivity contribution is 5.80. The van der Waals surface area contributed by atoms with E-state index in [0.717, 1.165) is 24.4 Å². The Bertz CT molecular complexity index is 687. The van der Waals surface area contributed by atoms with Gasteiger partial charge in [-0.15, -0.1) is 0 Å². The molecule has 1 amide bonds. The molecule has 0 unspecified atom stereocenters. The fraction of sp³-hybridized carbons (Fsp3) is 0.350. The highest BCUT2D eigenvalue weighted by atomic mass is 16.5. The zero-order valence-corrected chi connectivity index (χ0v) is 14.0. The minimum absolute atomic E-state index is 0.136. The molecule has 4 heteroatoms.